The normalized spacial score (nSPS) is 21.1. The molecule has 120 valence electrons. The molecule has 0 spiro atoms. The summed E-state index contributed by atoms with van der Waals surface area (Å²) in [4.78, 5) is 25.8. The molecule has 5 heteroatoms. The van der Waals surface area contributed by atoms with Gasteiger partial charge in [0.25, 0.3) is 0 Å². The Morgan fingerprint density at radius 1 is 1.19 bits per heavy atom. The van der Waals surface area contributed by atoms with Gasteiger partial charge >= 0.3 is 0 Å². The molecule has 2 fully saturated rings. The van der Waals surface area contributed by atoms with Crippen molar-refractivity contribution in [2.24, 2.45) is 17.6 Å². The molecule has 1 unspecified atom stereocenters. The molecule has 5 nitrogen and oxygen atoms in total. The van der Waals surface area contributed by atoms with Crippen molar-refractivity contribution in [1.82, 2.24) is 10.2 Å². The fourth-order valence-electron chi connectivity index (χ4n) is 2.89. The number of hydrogen-bond donors (Lipinski definition) is 2. The lowest BCUT2D eigenvalue weighted by Crippen LogP contribution is -2.46. The standard InChI is InChI=1S/C16H29N3O2/c1-12(6-9-17)2-5-15(20)19-10-7-14(8-11-19)18-16(21)13-3-4-13/h12-14H,2-11,17H2,1H3,(H,18,21). The molecule has 2 amide bonds. The van der Waals surface area contributed by atoms with Crippen LogP contribution in [-0.2, 0) is 9.59 Å². The molecule has 2 rings (SSSR count). The van der Waals surface area contributed by atoms with Crippen LogP contribution in [0.3, 0.4) is 0 Å². The third-order valence-electron chi connectivity index (χ3n) is 4.65. The molecule has 2 aliphatic rings. The number of hydrogen-bond acceptors (Lipinski definition) is 3. The van der Waals surface area contributed by atoms with Gasteiger partial charge in [0.15, 0.2) is 0 Å². The summed E-state index contributed by atoms with van der Waals surface area (Å²) in [7, 11) is 0. The number of carbonyl (C=O) groups is 2. The third kappa shape index (κ3) is 5.30. The van der Waals surface area contributed by atoms with Crippen LogP contribution in [0.4, 0.5) is 0 Å². The van der Waals surface area contributed by atoms with Gasteiger partial charge in [0.2, 0.25) is 11.8 Å². The van der Waals surface area contributed by atoms with Crippen molar-refractivity contribution in [3.05, 3.63) is 0 Å². The van der Waals surface area contributed by atoms with E-state index in [9.17, 15) is 9.59 Å². The highest BCUT2D eigenvalue weighted by molar-refractivity contribution is 5.81. The van der Waals surface area contributed by atoms with E-state index in [-0.39, 0.29) is 23.8 Å². The van der Waals surface area contributed by atoms with Crippen molar-refractivity contribution in [2.75, 3.05) is 19.6 Å². The highest BCUT2D eigenvalue weighted by Gasteiger charge is 2.32. The highest BCUT2D eigenvalue weighted by atomic mass is 16.2. The minimum Gasteiger partial charge on any atom is -0.353 e. The minimum atomic E-state index is 0.218. The molecular weight excluding hydrogens is 266 g/mol. The second-order valence-corrected chi connectivity index (χ2v) is 6.66. The molecule has 1 saturated heterocycles. The number of rotatable bonds is 7. The van der Waals surface area contributed by atoms with Crippen LogP contribution >= 0.6 is 0 Å². The lowest BCUT2D eigenvalue weighted by molar-refractivity contribution is -0.132. The zero-order valence-electron chi connectivity index (χ0n) is 13.1. The summed E-state index contributed by atoms with van der Waals surface area (Å²) < 4.78 is 0. The topological polar surface area (TPSA) is 75.4 Å². The van der Waals surface area contributed by atoms with Crippen molar-refractivity contribution in [3.8, 4) is 0 Å². The molecule has 0 aromatic heterocycles. The maximum Gasteiger partial charge on any atom is 0.223 e. The molecule has 1 saturated carbocycles. The monoisotopic (exact) mass is 295 g/mol. The maximum atomic E-state index is 12.2. The Labute approximate surface area is 127 Å². The van der Waals surface area contributed by atoms with Crippen LogP contribution in [0.1, 0.15) is 51.9 Å². The maximum absolute atomic E-state index is 12.2. The summed E-state index contributed by atoms with van der Waals surface area (Å²) >= 11 is 0. The fraction of sp³-hybridized carbons (Fsp3) is 0.875. The largest absolute Gasteiger partial charge is 0.353 e. The number of piperidine rings is 1. The van der Waals surface area contributed by atoms with Crippen LogP contribution in [0.15, 0.2) is 0 Å². The first-order valence-corrected chi connectivity index (χ1v) is 8.38. The number of carbonyl (C=O) groups excluding carboxylic acids is 2. The van der Waals surface area contributed by atoms with Crippen LogP contribution in [0.25, 0.3) is 0 Å². The van der Waals surface area contributed by atoms with E-state index in [0.29, 0.717) is 18.9 Å². The SMILES string of the molecule is CC(CCN)CCC(=O)N1CCC(NC(=O)C2CC2)CC1. The second-order valence-electron chi connectivity index (χ2n) is 6.66. The Bertz CT molecular complexity index is 361. The molecule has 0 aromatic carbocycles. The Morgan fingerprint density at radius 2 is 1.86 bits per heavy atom. The zero-order chi connectivity index (χ0) is 15.2. The summed E-state index contributed by atoms with van der Waals surface area (Å²) in [5, 5.41) is 3.12. The van der Waals surface area contributed by atoms with Crippen molar-refractivity contribution >= 4 is 11.8 Å². The first-order chi connectivity index (χ1) is 10.1. The average molecular weight is 295 g/mol. The van der Waals surface area contributed by atoms with E-state index in [1.165, 1.54) is 0 Å². The van der Waals surface area contributed by atoms with E-state index >= 15 is 0 Å². The number of nitrogens with two attached hydrogens (primary N) is 1. The lowest BCUT2D eigenvalue weighted by Gasteiger charge is -2.32. The van der Waals surface area contributed by atoms with Gasteiger partial charge in [0.1, 0.15) is 0 Å². The number of likely N-dealkylation sites (tertiary alicyclic amines) is 1. The van der Waals surface area contributed by atoms with Gasteiger partial charge < -0.3 is 16.0 Å². The van der Waals surface area contributed by atoms with Crippen LogP contribution in [0.5, 0.6) is 0 Å². The van der Waals surface area contributed by atoms with Crippen molar-refractivity contribution < 1.29 is 9.59 Å². The summed E-state index contributed by atoms with van der Waals surface area (Å²) in [5.41, 5.74) is 5.53. The molecule has 1 atom stereocenters. The lowest BCUT2D eigenvalue weighted by atomic mass is 10.00. The van der Waals surface area contributed by atoms with Gasteiger partial charge in [-0.3, -0.25) is 9.59 Å². The summed E-state index contributed by atoms with van der Waals surface area (Å²) in [6.07, 6.45) is 6.41. The quantitative estimate of drug-likeness (QED) is 0.742. The number of amides is 2. The van der Waals surface area contributed by atoms with Crippen molar-refractivity contribution in [3.63, 3.8) is 0 Å². The number of nitrogens with one attached hydrogen (secondary N) is 1. The van der Waals surface area contributed by atoms with Crippen LogP contribution < -0.4 is 11.1 Å². The Balaban J connectivity index is 1.63. The Hall–Kier alpha value is -1.10. The summed E-state index contributed by atoms with van der Waals surface area (Å²) in [6, 6.07) is 0.262. The number of nitrogens with zero attached hydrogens (tertiary/aromatic N) is 1. The summed E-state index contributed by atoms with van der Waals surface area (Å²) in [5.74, 6) is 1.27. The van der Waals surface area contributed by atoms with Gasteiger partial charge in [-0.2, -0.15) is 0 Å². The molecule has 1 aliphatic heterocycles. The molecule has 0 bridgehead atoms. The molecule has 1 heterocycles. The van der Waals surface area contributed by atoms with Crippen LogP contribution in [0.2, 0.25) is 0 Å². The fourth-order valence-corrected chi connectivity index (χ4v) is 2.89. The van der Waals surface area contributed by atoms with Gasteiger partial charge in [-0.05, 0) is 51.0 Å². The van der Waals surface area contributed by atoms with Gasteiger partial charge in [-0.15, -0.1) is 0 Å². The first-order valence-electron chi connectivity index (χ1n) is 8.38. The smallest absolute Gasteiger partial charge is 0.223 e. The first kappa shape index (κ1) is 16.3. The minimum absolute atomic E-state index is 0.218. The van der Waals surface area contributed by atoms with E-state index in [1.807, 2.05) is 4.90 Å². The molecule has 1 aliphatic carbocycles. The molecular formula is C16H29N3O2. The molecule has 0 radical (unpaired) electrons. The Kier molecular flexibility index (Phi) is 6.03. The van der Waals surface area contributed by atoms with Crippen molar-refractivity contribution in [2.45, 2.75) is 57.9 Å². The molecule has 0 aromatic rings. The van der Waals surface area contributed by atoms with Gasteiger partial charge in [0.05, 0.1) is 0 Å². The predicted octanol–water partition coefficient (Wildman–Crippen LogP) is 1.27. The molecule has 21 heavy (non-hydrogen) atoms. The summed E-state index contributed by atoms with van der Waals surface area (Å²) in [6.45, 7) is 4.40. The van der Waals surface area contributed by atoms with Gasteiger partial charge in [-0.1, -0.05) is 6.92 Å². The molecule has 3 N–H and O–H groups in total. The van der Waals surface area contributed by atoms with E-state index in [1.54, 1.807) is 0 Å². The van der Waals surface area contributed by atoms with Crippen molar-refractivity contribution in [1.29, 1.82) is 0 Å². The van der Waals surface area contributed by atoms with E-state index in [4.69, 9.17) is 5.73 Å². The average Bonchev–Trinajstić information content (AvgIpc) is 3.30. The van der Waals surface area contributed by atoms with E-state index in [2.05, 4.69) is 12.2 Å². The van der Waals surface area contributed by atoms with E-state index in [0.717, 1.165) is 51.6 Å². The van der Waals surface area contributed by atoms with E-state index < -0.39 is 0 Å². The van der Waals surface area contributed by atoms with Gasteiger partial charge in [-0.25, -0.2) is 0 Å². The van der Waals surface area contributed by atoms with Gasteiger partial charge in [0, 0.05) is 31.5 Å². The van der Waals surface area contributed by atoms with Crippen LogP contribution in [0, 0.1) is 11.8 Å². The highest BCUT2D eigenvalue weighted by Crippen LogP contribution is 2.29. The zero-order valence-corrected chi connectivity index (χ0v) is 13.1. The second kappa shape index (κ2) is 7.78. The predicted molar refractivity (Wildman–Crippen MR) is 82.5 cm³/mol. The van der Waals surface area contributed by atoms with Crippen LogP contribution in [-0.4, -0.2) is 42.4 Å². The Morgan fingerprint density at radius 3 is 2.43 bits per heavy atom. The third-order valence-corrected chi connectivity index (χ3v) is 4.65.